The normalized spacial score (nSPS) is 21.2. The van der Waals surface area contributed by atoms with Gasteiger partial charge in [-0.25, -0.2) is 19.6 Å². The van der Waals surface area contributed by atoms with Gasteiger partial charge >= 0.3 is 12.2 Å². The van der Waals surface area contributed by atoms with E-state index in [0.717, 1.165) is 87.9 Å². The van der Waals surface area contributed by atoms with Crippen LogP contribution in [0.25, 0.3) is 44.2 Å². The Labute approximate surface area is 337 Å². The summed E-state index contributed by atoms with van der Waals surface area (Å²) in [4.78, 5) is 72.4. The van der Waals surface area contributed by atoms with Crippen LogP contribution < -0.4 is 10.6 Å². The zero-order valence-electron chi connectivity index (χ0n) is 33.9. The van der Waals surface area contributed by atoms with Gasteiger partial charge < -0.3 is 39.9 Å². The summed E-state index contributed by atoms with van der Waals surface area (Å²) in [6.07, 6.45) is 4.90. The summed E-state index contributed by atoms with van der Waals surface area (Å²) < 4.78 is 9.61. The largest absolute Gasteiger partial charge is 0.453 e. The summed E-state index contributed by atoms with van der Waals surface area (Å²) in [5.74, 6) is 1.45. The molecular formula is C44H52N8O6. The lowest BCUT2D eigenvalue weighted by Crippen LogP contribution is -2.56. The highest BCUT2D eigenvalue weighted by Crippen LogP contribution is 2.52. The molecule has 2 bridgehead atoms. The van der Waals surface area contributed by atoms with E-state index in [9.17, 15) is 19.2 Å². The number of nitrogens with one attached hydrogen (secondary N) is 4. The van der Waals surface area contributed by atoms with Gasteiger partial charge in [0.2, 0.25) is 11.8 Å². The van der Waals surface area contributed by atoms with Crippen molar-refractivity contribution >= 4 is 45.8 Å². The van der Waals surface area contributed by atoms with Crippen molar-refractivity contribution in [2.75, 3.05) is 27.3 Å². The highest BCUT2D eigenvalue weighted by molar-refractivity contribution is 5.92. The fraction of sp³-hybridized carbons (Fsp3) is 0.455. The molecule has 1 aliphatic carbocycles. The Morgan fingerprint density at radius 3 is 2.12 bits per heavy atom. The second-order valence-electron chi connectivity index (χ2n) is 16.8. The third-order valence-corrected chi connectivity index (χ3v) is 12.5. The third kappa shape index (κ3) is 7.02. The molecule has 14 nitrogen and oxygen atoms in total. The molecule has 0 spiro atoms. The van der Waals surface area contributed by atoms with E-state index < -0.39 is 29.8 Å². The molecule has 3 fully saturated rings. The van der Waals surface area contributed by atoms with Crippen molar-refractivity contribution in [2.45, 2.75) is 83.5 Å². The van der Waals surface area contributed by atoms with Crippen molar-refractivity contribution in [3.05, 3.63) is 72.4 Å². The van der Waals surface area contributed by atoms with Crippen LogP contribution in [0.3, 0.4) is 0 Å². The number of aromatic nitrogens is 4. The van der Waals surface area contributed by atoms with Crippen molar-refractivity contribution in [2.24, 2.45) is 17.8 Å². The van der Waals surface area contributed by atoms with Crippen molar-refractivity contribution in [3.63, 3.8) is 0 Å². The predicted molar refractivity (Wildman–Crippen MR) is 219 cm³/mol. The maximum Gasteiger partial charge on any atom is 0.407 e. The molecule has 3 aromatic carbocycles. The highest BCUT2D eigenvalue weighted by Gasteiger charge is 2.56. The summed E-state index contributed by atoms with van der Waals surface area (Å²) >= 11 is 0. The quantitative estimate of drug-likeness (QED) is 0.117. The van der Waals surface area contributed by atoms with E-state index in [0.29, 0.717) is 19.0 Å². The minimum absolute atomic E-state index is 0.102. The Balaban J connectivity index is 1.01. The molecule has 2 unspecified atom stereocenters. The minimum atomic E-state index is -0.692. The number of aromatic amines is 2. The van der Waals surface area contributed by atoms with Crippen LogP contribution in [0.15, 0.2) is 60.8 Å². The average Bonchev–Trinajstić information content (AvgIpc) is 4.08. The molecule has 14 heteroatoms. The van der Waals surface area contributed by atoms with Gasteiger partial charge in [-0.3, -0.25) is 9.59 Å². The number of imidazole rings is 2. The number of ether oxygens (including phenoxy) is 2. The second kappa shape index (κ2) is 15.4. The van der Waals surface area contributed by atoms with Gasteiger partial charge in [0.05, 0.1) is 43.2 Å². The molecule has 4 amide bonds. The second-order valence-corrected chi connectivity index (χ2v) is 16.8. The molecule has 1 saturated carbocycles. The SMILES string of the molecule is COC(=O)N[C@H](C(=O)N1CCC[C@H]1c1ncc(-c2ccc3cc(-c4ccc5nc(C67CCC(CN6C(=O)[C@@H](NC(=O)OC)C(C)C)C7)[nH]c5c4)ccc3c2)[nH]1)C(C)C. The number of methoxy groups -OCH3 is 2. The van der Waals surface area contributed by atoms with E-state index >= 15 is 0 Å². The molecule has 8 rings (SSSR count). The number of nitrogens with zero attached hydrogens (tertiary/aromatic N) is 4. The Kier molecular flexibility index (Phi) is 10.4. The first-order chi connectivity index (χ1) is 27.9. The molecule has 2 aliphatic heterocycles. The number of hydrogen-bond donors (Lipinski definition) is 4. The molecule has 0 radical (unpaired) electrons. The van der Waals surface area contributed by atoms with E-state index in [1.54, 1.807) is 0 Å². The van der Waals surface area contributed by atoms with Gasteiger partial charge in [-0.2, -0.15) is 0 Å². The van der Waals surface area contributed by atoms with Crippen molar-refractivity contribution < 1.29 is 28.7 Å². The van der Waals surface area contributed by atoms with Crippen LogP contribution in [-0.4, -0.2) is 93.1 Å². The van der Waals surface area contributed by atoms with E-state index in [2.05, 4.69) is 69.1 Å². The van der Waals surface area contributed by atoms with Crippen molar-refractivity contribution in [1.29, 1.82) is 0 Å². The van der Waals surface area contributed by atoms with E-state index in [1.807, 2.05) is 49.8 Å². The Morgan fingerprint density at radius 1 is 0.810 bits per heavy atom. The number of H-pyrrole nitrogens is 2. The lowest BCUT2D eigenvalue weighted by atomic mass is 9.93. The van der Waals surface area contributed by atoms with Gasteiger partial charge in [-0.1, -0.05) is 58.0 Å². The van der Waals surface area contributed by atoms with E-state index in [1.165, 1.54) is 14.2 Å². The minimum Gasteiger partial charge on any atom is -0.453 e. The lowest BCUT2D eigenvalue weighted by Gasteiger charge is -2.40. The molecule has 5 aromatic rings. The van der Waals surface area contributed by atoms with Crippen molar-refractivity contribution in [3.8, 4) is 22.4 Å². The Bertz CT molecular complexity index is 2390. The molecule has 2 saturated heterocycles. The fourth-order valence-electron chi connectivity index (χ4n) is 9.32. The number of alkyl carbamates (subject to hydrolysis) is 2. The summed E-state index contributed by atoms with van der Waals surface area (Å²) in [5, 5.41) is 7.64. The zero-order chi connectivity index (χ0) is 40.9. The van der Waals surface area contributed by atoms with Crippen LogP contribution >= 0.6 is 0 Å². The first kappa shape index (κ1) is 38.9. The molecule has 304 valence electrons. The summed E-state index contributed by atoms with van der Waals surface area (Å²) in [6.45, 7) is 8.90. The molecule has 4 heterocycles. The van der Waals surface area contributed by atoms with Gasteiger partial charge in [0.25, 0.3) is 0 Å². The first-order valence-corrected chi connectivity index (χ1v) is 20.3. The fourth-order valence-corrected chi connectivity index (χ4v) is 9.32. The number of fused-ring (bicyclic) bond motifs is 4. The predicted octanol–water partition coefficient (Wildman–Crippen LogP) is 7.04. The van der Waals surface area contributed by atoms with Crippen LogP contribution in [0.4, 0.5) is 9.59 Å². The Morgan fingerprint density at radius 2 is 1.45 bits per heavy atom. The Hall–Kier alpha value is -5.92. The standard InChI is InChI=1S/C44H52N8O6/c1-24(2)36(49-42(55)57-5)39(53)51-17-7-8-35(51)38-45-22-34(46-38)31-12-11-27-18-28(9-10-29(27)19-31)30-13-14-32-33(20-30)48-41(47-32)44-16-15-26(21-44)23-52(44)40(54)37(25(3)4)50-43(56)58-6/h9-14,18-20,22,24-26,35-37H,7-8,15-17,21,23H2,1-6H3,(H,45,46)(H,47,48)(H,49,55)(H,50,56)/t26?,35-,36-,37-,44?/m0/s1. The zero-order valence-corrected chi connectivity index (χ0v) is 33.9. The number of carbonyl (C=O) groups excluding carboxylic acids is 4. The van der Waals surface area contributed by atoms with Crippen LogP contribution in [0.5, 0.6) is 0 Å². The van der Waals surface area contributed by atoms with Crippen LogP contribution in [-0.2, 0) is 24.6 Å². The third-order valence-electron chi connectivity index (χ3n) is 12.5. The van der Waals surface area contributed by atoms with Crippen LogP contribution in [0.1, 0.15) is 77.5 Å². The van der Waals surface area contributed by atoms with Gasteiger partial charge in [0.1, 0.15) is 29.3 Å². The van der Waals surface area contributed by atoms with Gasteiger partial charge in [0.15, 0.2) is 0 Å². The first-order valence-electron chi connectivity index (χ1n) is 20.3. The summed E-state index contributed by atoms with van der Waals surface area (Å²) in [6, 6.07) is 17.4. The average molecular weight is 789 g/mol. The number of carbonyl (C=O) groups is 4. The highest BCUT2D eigenvalue weighted by atomic mass is 16.5. The molecule has 4 N–H and O–H groups in total. The number of likely N-dealkylation sites (tertiary alicyclic amines) is 2. The molecule has 2 aromatic heterocycles. The lowest BCUT2D eigenvalue weighted by molar-refractivity contribution is -0.140. The monoisotopic (exact) mass is 788 g/mol. The molecule has 5 atom stereocenters. The topological polar surface area (TPSA) is 175 Å². The van der Waals surface area contributed by atoms with Gasteiger partial charge in [-0.05, 0) is 96.0 Å². The van der Waals surface area contributed by atoms with Crippen molar-refractivity contribution in [1.82, 2.24) is 40.4 Å². The molecule has 3 aliphatic rings. The van der Waals surface area contributed by atoms with Crippen LogP contribution in [0.2, 0.25) is 0 Å². The molecular weight excluding hydrogens is 737 g/mol. The van der Waals surface area contributed by atoms with E-state index in [4.69, 9.17) is 19.4 Å². The van der Waals surface area contributed by atoms with Gasteiger partial charge in [0, 0.05) is 18.7 Å². The number of rotatable bonds is 10. The number of amides is 4. The smallest absolute Gasteiger partial charge is 0.407 e. The number of piperidine rings is 1. The summed E-state index contributed by atoms with van der Waals surface area (Å²) in [5.41, 5.74) is 5.18. The maximum absolute atomic E-state index is 14.0. The van der Waals surface area contributed by atoms with Crippen LogP contribution in [0, 0.1) is 17.8 Å². The maximum atomic E-state index is 14.0. The number of benzene rings is 3. The van der Waals surface area contributed by atoms with E-state index in [-0.39, 0.29) is 29.7 Å². The summed E-state index contributed by atoms with van der Waals surface area (Å²) in [7, 11) is 2.60. The van der Waals surface area contributed by atoms with Gasteiger partial charge in [-0.15, -0.1) is 0 Å². The molecule has 58 heavy (non-hydrogen) atoms. The number of hydrogen-bond acceptors (Lipinski definition) is 8.